The maximum absolute atomic E-state index is 9.48. The SMILES string of the molecule is Nc1nc(C2CC(O)C2)cc(N2CCC(c3ncon3)CC2)n1. The first-order valence-corrected chi connectivity index (χ1v) is 8.03. The monoisotopic (exact) mass is 316 g/mol. The second-order valence-electron chi connectivity index (χ2n) is 6.38. The van der Waals surface area contributed by atoms with Crippen molar-refractivity contribution in [2.75, 3.05) is 23.7 Å². The van der Waals surface area contributed by atoms with Gasteiger partial charge in [-0.2, -0.15) is 9.97 Å². The molecule has 0 radical (unpaired) electrons. The Bertz CT molecular complexity index is 663. The van der Waals surface area contributed by atoms with Crippen LogP contribution >= 0.6 is 0 Å². The van der Waals surface area contributed by atoms with Crippen molar-refractivity contribution in [2.45, 2.75) is 43.6 Å². The molecule has 0 unspecified atom stereocenters. The molecule has 122 valence electrons. The number of aliphatic hydroxyl groups excluding tert-OH is 1. The molecular formula is C15H20N6O2. The number of nitrogens with zero attached hydrogens (tertiary/aromatic N) is 5. The van der Waals surface area contributed by atoms with Gasteiger partial charge in [-0.1, -0.05) is 5.16 Å². The summed E-state index contributed by atoms with van der Waals surface area (Å²) in [5.74, 6) is 2.60. The molecule has 1 aliphatic heterocycles. The normalized spacial score (nSPS) is 25.3. The van der Waals surface area contributed by atoms with Crippen LogP contribution in [0.3, 0.4) is 0 Å². The molecule has 8 nitrogen and oxygen atoms in total. The van der Waals surface area contributed by atoms with E-state index in [1.807, 2.05) is 6.07 Å². The number of nitrogens with two attached hydrogens (primary N) is 1. The highest BCUT2D eigenvalue weighted by atomic mass is 16.5. The van der Waals surface area contributed by atoms with E-state index in [0.717, 1.165) is 56.1 Å². The standard InChI is InChI=1S/C15H20N6O2/c16-15-18-12(10-5-11(22)6-10)7-13(19-15)21-3-1-9(2-4-21)14-17-8-23-20-14/h7-11,22H,1-6H2,(H2,16,18,19). The van der Waals surface area contributed by atoms with Crippen LogP contribution in [0.5, 0.6) is 0 Å². The predicted octanol–water partition coefficient (Wildman–Crippen LogP) is 1.06. The maximum atomic E-state index is 9.48. The van der Waals surface area contributed by atoms with Gasteiger partial charge in [0, 0.05) is 31.0 Å². The van der Waals surface area contributed by atoms with Gasteiger partial charge in [0.1, 0.15) is 5.82 Å². The summed E-state index contributed by atoms with van der Waals surface area (Å²) in [5.41, 5.74) is 6.82. The van der Waals surface area contributed by atoms with Crippen molar-refractivity contribution in [3.05, 3.63) is 24.0 Å². The van der Waals surface area contributed by atoms with Crippen LogP contribution < -0.4 is 10.6 Å². The van der Waals surface area contributed by atoms with Gasteiger partial charge in [0.2, 0.25) is 12.3 Å². The van der Waals surface area contributed by atoms with Crippen LogP contribution in [0.2, 0.25) is 0 Å². The number of aliphatic hydroxyl groups is 1. The molecule has 0 atom stereocenters. The molecule has 0 bridgehead atoms. The minimum atomic E-state index is -0.203. The Kier molecular flexibility index (Phi) is 3.60. The Morgan fingerprint density at radius 1 is 1.17 bits per heavy atom. The van der Waals surface area contributed by atoms with Gasteiger partial charge < -0.3 is 20.3 Å². The Balaban J connectivity index is 1.46. The minimum Gasteiger partial charge on any atom is -0.393 e. The minimum absolute atomic E-state index is 0.203. The maximum Gasteiger partial charge on any atom is 0.222 e. The summed E-state index contributed by atoms with van der Waals surface area (Å²) >= 11 is 0. The lowest BCUT2D eigenvalue weighted by molar-refractivity contribution is 0.0732. The highest BCUT2D eigenvalue weighted by Crippen LogP contribution is 2.37. The number of piperidine rings is 1. The Morgan fingerprint density at radius 2 is 1.96 bits per heavy atom. The van der Waals surface area contributed by atoms with Gasteiger partial charge in [-0.3, -0.25) is 0 Å². The zero-order valence-electron chi connectivity index (χ0n) is 12.8. The summed E-state index contributed by atoms with van der Waals surface area (Å²) in [6.45, 7) is 1.75. The molecule has 3 N–H and O–H groups in total. The summed E-state index contributed by atoms with van der Waals surface area (Å²) in [6.07, 6.45) is 4.62. The van der Waals surface area contributed by atoms with Crippen LogP contribution in [0.4, 0.5) is 11.8 Å². The van der Waals surface area contributed by atoms with E-state index >= 15 is 0 Å². The Morgan fingerprint density at radius 3 is 2.61 bits per heavy atom. The Hall–Kier alpha value is -2.22. The second-order valence-corrected chi connectivity index (χ2v) is 6.38. The van der Waals surface area contributed by atoms with Crippen molar-refractivity contribution in [1.82, 2.24) is 20.1 Å². The Labute approximate surface area is 133 Å². The fourth-order valence-corrected chi connectivity index (χ4v) is 3.40. The number of aromatic nitrogens is 4. The average Bonchev–Trinajstić information content (AvgIpc) is 3.06. The number of rotatable bonds is 3. The van der Waals surface area contributed by atoms with Crippen LogP contribution in [-0.2, 0) is 0 Å². The summed E-state index contributed by atoms with van der Waals surface area (Å²) in [5, 5.41) is 13.4. The van der Waals surface area contributed by atoms with Crippen LogP contribution in [0.15, 0.2) is 17.0 Å². The molecule has 1 aliphatic carbocycles. The van der Waals surface area contributed by atoms with Crippen molar-refractivity contribution >= 4 is 11.8 Å². The topological polar surface area (TPSA) is 114 Å². The van der Waals surface area contributed by atoms with Crippen LogP contribution in [-0.4, -0.2) is 44.4 Å². The number of hydrogen-bond donors (Lipinski definition) is 2. The number of anilines is 2. The van der Waals surface area contributed by atoms with Gasteiger partial charge >= 0.3 is 0 Å². The van der Waals surface area contributed by atoms with E-state index < -0.39 is 0 Å². The van der Waals surface area contributed by atoms with Crippen LogP contribution in [0.25, 0.3) is 0 Å². The molecule has 2 aliphatic rings. The fraction of sp³-hybridized carbons (Fsp3) is 0.600. The lowest BCUT2D eigenvalue weighted by Gasteiger charge is -2.34. The number of hydrogen-bond acceptors (Lipinski definition) is 8. The average molecular weight is 316 g/mol. The molecule has 4 rings (SSSR count). The lowest BCUT2D eigenvalue weighted by Crippen LogP contribution is -2.34. The first-order valence-electron chi connectivity index (χ1n) is 8.03. The third-order valence-electron chi connectivity index (χ3n) is 4.84. The van der Waals surface area contributed by atoms with Crippen LogP contribution in [0, 0.1) is 0 Å². The molecule has 2 fully saturated rings. The van der Waals surface area contributed by atoms with Crippen molar-refractivity contribution in [2.24, 2.45) is 0 Å². The van der Waals surface area contributed by atoms with E-state index in [1.54, 1.807) is 0 Å². The smallest absolute Gasteiger partial charge is 0.222 e. The fourth-order valence-electron chi connectivity index (χ4n) is 3.40. The first kappa shape index (κ1) is 14.4. The van der Waals surface area contributed by atoms with Crippen molar-refractivity contribution in [3.63, 3.8) is 0 Å². The zero-order valence-corrected chi connectivity index (χ0v) is 12.8. The quantitative estimate of drug-likeness (QED) is 0.864. The highest BCUT2D eigenvalue weighted by Gasteiger charge is 2.31. The van der Waals surface area contributed by atoms with E-state index in [4.69, 9.17) is 10.3 Å². The molecule has 2 aromatic heterocycles. The van der Waals surface area contributed by atoms with Gasteiger partial charge in [-0.05, 0) is 25.7 Å². The molecule has 23 heavy (non-hydrogen) atoms. The zero-order chi connectivity index (χ0) is 15.8. The first-order chi connectivity index (χ1) is 11.2. The third-order valence-corrected chi connectivity index (χ3v) is 4.84. The third kappa shape index (κ3) is 2.86. The molecule has 2 aromatic rings. The summed E-state index contributed by atoms with van der Waals surface area (Å²) in [4.78, 5) is 15.1. The predicted molar refractivity (Wildman–Crippen MR) is 82.9 cm³/mol. The molecule has 0 spiro atoms. The van der Waals surface area contributed by atoms with Gasteiger partial charge in [-0.15, -0.1) is 0 Å². The van der Waals surface area contributed by atoms with Gasteiger partial charge in [-0.25, -0.2) is 4.98 Å². The largest absolute Gasteiger partial charge is 0.393 e. The molecule has 3 heterocycles. The molecule has 1 saturated heterocycles. The molecule has 0 amide bonds. The van der Waals surface area contributed by atoms with Crippen molar-refractivity contribution in [3.8, 4) is 0 Å². The highest BCUT2D eigenvalue weighted by molar-refractivity contribution is 5.45. The van der Waals surface area contributed by atoms with Crippen molar-refractivity contribution in [1.29, 1.82) is 0 Å². The molecule has 8 heteroatoms. The molecular weight excluding hydrogens is 296 g/mol. The van der Waals surface area contributed by atoms with E-state index in [0.29, 0.717) is 17.8 Å². The van der Waals surface area contributed by atoms with Crippen LogP contribution in [0.1, 0.15) is 49.0 Å². The van der Waals surface area contributed by atoms with Gasteiger partial charge in [0.05, 0.1) is 11.8 Å². The summed E-state index contributed by atoms with van der Waals surface area (Å²) in [6, 6.07) is 2.02. The second kappa shape index (κ2) is 5.77. The van der Waals surface area contributed by atoms with Gasteiger partial charge in [0.15, 0.2) is 5.82 Å². The summed E-state index contributed by atoms with van der Waals surface area (Å²) in [7, 11) is 0. The van der Waals surface area contributed by atoms with E-state index in [2.05, 4.69) is 25.0 Å². The van der Waals surface area contributed by atoms with E-state index in [1.165, 1.54) is 6.39 Å². The summed E-state index contributed by atoms with van der Waals surface area (Å²) < 4.78 is 4.83. The molecule has 0 aromatic carbocycles. The molecule has 1 saturated carbocycles. The van der Waals surface area contributed by atoms with E-state index in [-0.39, 0.29) is 6.10 Å². The van der Waals surface area contributed by atoms with Gasteiger partial charge in [0.25, 0.3) is 0 Å². The lowest BCUT2D eigenvalue weighted by atomic mass is 9.80. The van der Waals surface area contributed by atoms with Crippen molar-refractivity contribution < 1.29 is 9.63 Å². The van der Waals surface area contributed by atoms with E-state index in [9.17, 15) is 5.11 Å². The number of nitrogen functional groups attached to an aromatic ring is 1.